The summed E-state index contributed by atoms with van der Waals surface area (Å²) in [6.45, 7) is 1.86. The molecule has 1 aromatic rings. The van der Waals surface area contributed by atoms with E-state index in [9.17, 15) is 9.59 Å². The zero-order valence-electron chi connectivity index (χ0n) is 9.27. The first kappa shape index (κ1) is 11.1. The number of H-pyrrole nitrogens is 1. The van der Waals surface area contributed by atoms with Crippen molar-refractivity contribution in [1.29, 1.82) is 0 Å². The van der Waals surface area contributed by atoms with Crippen molar-refractivity contribution in [1.82, 2.24) is 9.55 Å². The van der Waals surface area contributed by atoms with E-state index in [0.717, 1.165) is 19.3 Å². The molecule has 16 heavy (non-hydrogen) atoms. The van der Waals surface area contributed by atoms with Crippen LogP contribution < -0.4 is 11.2 Å². The lowest BCUT2D eigenvalue weighted by Crippen LogP contribution is -2.32. The molecule has 0 unspecified atom stereocenters. The summed E-state index contributed by atoms with van der Waals surface area (Å²) in [5, 5.41) is 9.05. The standard InChI is InChI=1S/C11H16N2O3/c1-7-5-13(11(16)12-10(7)15)9-3-2-8(4-9)6-14/h5,8-9,14H,2-4,6H2,1H3,(H,12,15,16)/t8-,9+/m0/s1. The molecule has 5 heteroatoms. The summed E-state index contributed by atoms with van der Waals surface area (Å²) in [7, 11) is 0. The molecule has 1 fully saturated rings. The number of aromatic nitrogens is 2. The highest BCUT2D eigenvalue weighted by molar-refractivity contribution is 5.02. The van der Waals surface area contributed by atoms with Crippen LogP contribution in [0.25, 0.3) is 0 Å². The Kier molecular flexibility index (Phi) is 2.96. The zero-order valence-corrected chi connectivity index (χ0v) is 9.27. The van der Waals surface area contributed by atoms with Gasteiger partial charge in [-0.1, -0.05) is 0 Å². The third-order valence-corrected chi connectivity index (χ3v) is 3.31. The summed E-state index contributed by atoms with van der Waals surface area (Å²) in [4.78, 5) is 25.1. The van der Waals surface area contributed by atoms with Gasteiger partial charge >= 0.3 is 5.69 Å². The van der Waals surface area contributed by atoms with Gasteiger partial charge in [-0.25, -0.2) is 4.79 Å². The van der Waals surface area contributed by atoms with Gasteiger partial charge in [0.1, 0.15) is 0 Å². The number of hydrogen-bond acceptors (Lipinski definition) is 3. The Hall–Kier alpha value is -1.36. The van der Waals surface area contributed by atoms with Crippen molar-refractivity contribution in [3.05, 3.63) is 32.6 Å². The van der Waals surface area contributed by atoms with Crippen LogP contribution in [-0.4, -0.2) is 21.3 Å². The van der Waals surface area contributed by atoms with Gasteiger partial charge in [-0.05, 0) is 32.1 Å². The summed E-state index contributed by atoms with van der Waals surface area (Å²) < 4.78 is 1.59. The van der Waals surface area contributed by atoms with E-state index in [2.05, 4.69) is 4.98 Å². The second kappa shape index (κ2) is 4.25. The molecule has 88 valence electrons. The molecule has 5 nitrogen and oxygen atoms in total. The minimum atomic E-state index is -0.348. The maximum atomic E-state index is 11.6. The molecule has 0 spiro atoms. The summed E-state index contributed by atoms with van der Waals surface area (Å²) in [5.74, 6) is 0.282. The highest BCUT2D eigenvalue weighted by Gasteiger charge is 2.26. The summed E-state index contributed by atoms with van der Waals surface area (Å²) in [5.41, 5.74) is -0.121. The number of aliphatic hydroxyl groups excluding tert-OH is 1. The topological polar surface area (TPSA) is 75.1 Å². The monoisotopic (exact) mass is 224 g/mol. The Balaban J connectivity index is 2.32. The number of aliphatic hydroxyl groups is 1. The number of hydrogen-bond donors (Lipinski definition) is 2. The smallest absolute Gasteiger partial charge is 0.328 e. The Labute approximate surface area is 92.7 Å². The Morgan fingerprint density at radius 1 is 1.50 bits per heavy atom. The second-order valence-electron chi connectivity index (χ2n) is 4.49. The van der Waals surface area contributed by atoms with Crippen molar-refractivity contribution in [2.45, 2.75) is 32.2 Å². The van der Waals surface area contributed by atoms with Crippen molar-refractivity contribution < 1.29 is 5.11 Å². The molecule has 1 aliphatic carbocycles. The lowest BCUT2D eigenvalue weighted by Gasteiger charge is -2.13. The van der Waals surface area contributed by atoms with Gasteiger partial charge in [-0.3, -0.25) is 14.3 Å². The van der Waals surface area contributed by atoms with Crippen molar-refractivity contribution in [2.75, 3.05) is 6.61 Å². The SMILES string of the molecule is Cc1cn([C@@H]2CC[C@H](CO)C2)c(=O)[nH]c1=O. The van der Waals surface area contributed by atoms with Crippen LogP contribution in [0.1, 0.15) is 30.9 Å². The summed E-state index contributed by atoms with van der Waals surface area (Å²) >= 11 is 0. The fraction of sp³-hybridized carbons (Fsp3) is 0.636. The van der Waals surface area contributed by atoms with Crippen LogP contribution in [-0.2, 0) is 0 Å². The lowest BCUT2D eigenvalue weighted by atomic mass is 10.1. The summed E-state index contributed by atoms with van der Waals surface area (Å²) in [6.07, 6.45) is 4.25. The van der Waals surface area contributed by atoms with Gasteiger partial charge in [-0.15, -0.1) is 0 Å². The molecule has 2 rings (SSSR count). The average molecular weight is 224 g/mol. The fourth-order valence-electron chi connectivity index (χ4n) is 2.32. The van der Waals surface area contributed by atoms with Crippen molar-refractivity contribution in [2.24, 2.45) is 5.92 Å². The van der Waals surface area contributed by atoms with Crippen LogP contribution >= 0.6 is 0 Å². The van der Waals surface area contributed by atoms with E-state index in [4.69, 9.17) is 5.11 Å². The van der Waals surface area contributed by atoms with E-state index < -0.39 is 0 Å². The van der Waals surface area contributed by atoms with E-state index in [1.165, 1.54) is 0 Å². The molecule has 0 aromatic carbocycles. The maximum Gasteiger partial charge on any atom is 0.328 e. The van der Waals surface area contributed by atoms with Gasteiger partial charge in [0.05, 0.1) is 0 Å². The number of aromatic amines is 1. The molecule has 0 amide bonds. The van der Waals surface area contributed by atoms with E-state index in [-0.39, 0.29) is 29.8 Å². The average Bonchev–Trinajstić information content (AvgIpc) is 2.71. The molecule has 0 aliphatic heterocycles. The van der Waals surface area contributed by atoms with Gasteiger partial charge in [-0.2, -0.15) is 0 Å². The first-order valence-electron chi connectivity index (χ1n) is 5.54. The van der Waals surface area contributed by atoms with E-state index in [1.54, 1.807) is 17.7 Å². The number of aryl methyl sites for hydroxylation is 1. The van der Waals surface area contributed by atoms with E-state index in [1.807, 2.05) is 0 Å². The fourth-order valence-corrected chi connectivity index (χ4v) is 2.32. The predicted octanol–water partition coefficient (Wildman–Crippen LogP) is 0.179. The van der Waals surface area contributed by atoms with E-state index >= 15 is 0 Å². The van der Waals surface area contributed by atoms with Crippen molar-refractivity contribution >= 4 is 0 Å². The van der Waals surface area contributed by atoms with Gasteiger partial charge in [0.15, 0.2) is 0 Å². The molecule has 2 atom stereocenters. The van der Waals surface area contributed by atoms with Gasteiger partial charge in [0.2, 0.25) is 0 Å². The first-order valence-corrected chi connectivity index (χ1v) is 5.54. The van der Waals surface area contributed by atoms with Crippen LogP contribution in [0.2, 0.25) is 0 Å². The second-order valence-corrected chi connectivity index (χ2v) is 4.49. The first-order chi connectivity index (χ1) is 7.61. The Morgan fingerprint density at radius 2 is 2.25 bits per heavy atom. The van der Waals surface area contributed by atoms with Crippen LogP contribution in [0, 0.1) is 12.8 Å². The van der Waals surface area contributed by atoms with Gasteiger partial charge in [0, 0.05) is 24.4 Å². The molecule has 0 bridgehead atoms. The molecular formula is C11H16N2O3. The molecule has 1 aromatic heterocycles. The molecule has 1 heterocycles. The Morgan fingerprint density at radius 3 is 2.88 bits per heavy atom. The van der Waals surface area contributed by atoms with Gasteiger partial charge < -0.3 is 5.11 Å². The van der Waals surface area contributed by atoms with Crippen LogP contribution in [0.3, 0.4) is 0 Å². The number of nitrogens with one attached hydrogen (secondary N) is 1. The molecule has 0 saturated heterocycles. The number of nitrogens with zero attached hydrogens (tertiary/aromatic N) is 1. The Bertz CT molecular complexity index is 489. The molecule has 1 saturated carbocycles. The van der Waals surface area contributed by atoms with Crippen molar-refractivity contribution in [3.8, 4) is 0 Å². The molecular weight excluding hydrogens is 208 g/mol. The minimum Gasteiger partial charge on any atom is -0.396 e. The van der Waals surface area contributed by atoms with Crippen molar-refractivity contribution in [3.63, 3.8) is 0 Å². The zero-order chi connectivity index (χ0) is 11.7. The third-order valence-electron chi connectivity index (χ3n) is 3.31. The highest BCUT2D eigenvalue weighted by atomic mass is 16.3. The van der Waals surface area contributed by atoms with Gasteiger partial charge in [0.25, 0.3) is 5.56 Å². The molecule has 1 aliphatic rings. The minimum absolute atomic E-state index is 0.111. The maximum absolute atomic E-state index is 11.6. The predicted molar refractivity (Wildman–Crippen MR) is 59.5 cm³/mol. The largest absolute Gasteiger partial charge is 0.396 e. The summed E-state index contributed by atoms with van der Waals surface area (Å²) in [6, 6.07) is 0.111. The number of rotatable bonds is 2. The lowest BCUT2D eigenvalue weighted by molar-refractivity contribution is 0.226. The molecule has 2 N–H and O–H groups in total. The molecule has 0 radical (unpaired) electrons. The van der Waals surface area contributed by atoms with Crippen LogP contribution in [0.4, 0.5) is 0 Å². The van der Waals surface area contributed by atoms with Crippen LogP contribution in [0.5, 0.6) is 0 Å². The third kappa shape index (κ3) is 1.95. The quantitative estimate of drug-likeness (QED) is 0.752. The van der Waals surface area contributed by atoms with Crippen LogP contribution in [0.15, 0.2) is 15.8 Å². The van der Waals surface area contributed by atoms with E-state index in [0.29, 0.717) is 5.56 Å². The highest BCUT2D eigenvalue weighted by Crippen LogP contribution is 2.33. The normalized spacial score (nSPS) is 24.9.